The fraction of sp³-hybridized carbons (Fsp3) is 0.385. The van der Waals surface area contributed by atoms with E-state index in [0.29, 0.717) is 19.5 Å². The van der Waals surface area contributed by atoms with Crippen molar-refractivity contribution < 1.29 is 9.18 Å². The zero-order valence-corrected chi connectivity index (χ0v) is 10.3. The molecule has 0 radical (unpaired) electrons. The van der Waals surface area contributed by atoms with E-state index in [2.05, 4.69) is 5.10 Å². The molecule has 96 valence electrons. The van der Waals surface area contributed by atoms with Gasteiger partial charge >= 0.3 is 0 Å². The first-order valence-electron chi connectivity index (χ1n) is 5.93. The second-order valence-corrected chi connectivity index (χ2v) is 4.40. The van der Waals surface area contributed by atoms with Crippen LogP contribution < -0.4 is 5.73 Å². The first kappa shape index (κ1) is 12.7. The Balaban J connectivity index is 2.10. The van der Waals surface area contributed by atoms with Crippen LogP contribution >= 0.6 is 0 Å². The molecule has 2 rings (SSSR count). The standard InChI is InChI=1S/C13H16FN3O/c1-9-12(5-6-15)13(18)17(16-9)8-10-3-2-4-11(14)7-10/h2-4,7,12H,5-6,8,15H2,1H3. The van der Waals surface area contributed by atoms with Crippen molar-refractivity contribution in [1.29, 1.82) is 0 Å². The molecule has 5 heteroatoms. The normalized spacial score (nSPS) is 19.3. The van der Waals surface area contributed by atoms with Gasteiger partial charge in [-0.05, 0) is 37.6 Å². The number of carbonyl (C=O) groups is 1. The van der Waals surface area contributed by atoms with Crippen LogP contribution in [0.2, 0.25) is 0 Å². The highest BCUT2D eigenvalue weighted by atomic mass is 19.1. The molecule has 18 heavy (non-hydrogen) atoms. The Kier molecular flexibility index (Phi) is 3.72. The number of rotatable bonds is 4. The first-order chi connectivity index (χ1) is 8.61. The van der Waals surface area contributed by atoms with E-state index in [-0.39, 0.29) is 17.6 Å². The van der Waals surface area contributed by atoms with Crippen LogP contribution in [0.15, 0.2) is 29.4 Å². The molecule has 1 aliphatic heterocycles. The van der Waals surface area contributed by atoms with Crippen molar-refractivity contribution in [2.24, 2.45) is 16.8 Å². The van der Waals surface area contributed by atoms with Crippen molar-refractivity contribution in [2.75, 3.05) is 6.54 Å². The van der Waals surface area contributed by atoms with E-state index in [4.69, 9.17) is 5.73 Å². The number of nitrogens with two attached hydrogens (primary N) is 1. The lowest BCUT2D eigenvalue weighted by Crippen LogP contribution is -2.28. The molecule has 1 atom stereocenters. The minimum Gasteiger partial charge on any atom is -0.330 e. The van der Waals surface area contributed by atoms with Crippen LogP contribution in [0.5, 0.6) is 0 Å². The highest BCUT2D eigenvalue weighted by molar-refractivity contribution is 6.06. The van der Waals surface area contributed by atoms with Crippen molar-refractivity contribution in [3.63, 3.8) is 0 Å². The van der Waals surface area contributed by atoms with Gasteiger partial charge in [0, 0.05) is 5.71 Å². The van der Waals surface area contributed by atoms with Crippen molar-refractivity contribution in [3.8, 4) is 0 Å². The Morgan fingerprint density at radius 3 is 2.94 bits per heavy atom. The van der Waals surface area contributed by atoms with Crippen LogP contribution in [0.4, 0.5) is 4.39 Å². The largest absolute Gasteiger partial charge is 0.330 e. The maximum absolute atomic E-state index is 13.1. The second-order valence-electron chi connectivity index (χ2n) is 4.40. The Bertz CT molecular complexity index is 487. The Hall–Kier alpha value is -1.75. The third-order valence-corrected chi connectivity index (χ3v) is 3.01. The highest BCUT2D eigenvalue weighted by Gasteiger charge is 2.32. The zero-order valence-electron chi connectivity index (χ0n) is 10.3. The molecule has 2 N–H and O–H groups in total. The molecule has 0 saturated heterocycles. The monoisotopic (exact) mass is 249 g/mol. The molecule has 0 saturated carbocycles. The van der Waals surface area contributed by atoms with Gasteiger partial charge < -0.3 is 5.73 Å². The molecule has 0 aliphatic carbocycles. The predicted molar refractivity (Wildman–Crippen MR) is 67.2 cm³/mol. The third-order valence-electron chi connectivity index (χ3n) is 3.01. The van der Waals surface area contributed by atoms with E-state index >= 15 is 0 Å². The molecule has 0 fully saturated rings. The van der Waals surface area contributed by atoms with Gasteiger partial charge in [-0.25, -0.2) is 9.40 Å². The fourth-order valence-electron chi connectivity index (χ4n) is 2.09. The molecule has 0 bridgehead atoms. The van der Waals surface area contributed by atoms with Gasteiger partial charge in [0.1, 0.15) is 5.82 Å². The fourth-order valence-corrected chi connectivity index (χ4v) is 2.09. The number of benzene rings is 1. The van der Waals surface area contributed by atoms with E-state index in [1.54, 1.807) is 12.1 Å². The lowest BCUT2D eigenvalue weighted by Gasteiger charge is -2.14. The quantitative estimate of drug-likeness (QED) is 0.879. The number of halogens is 1. The summed E-state index contributed by atoms with van der Waals surface area (Å²) in [5, 5.41) is 5.61. The summed E-state index contributed by atoms with van der Waals surface area (Å²) >= 11 is 0. The lowest BCUT2D eigenvalue weighted by atomic mass is 10.0. The van der Waals surface area contributed by atoms with Crippen molar-refractivity contribution in [2.45, 2.75) is 19.9 Å². The highest BCUT2D eigenvalue weighted by Crippen LogP contribution is 2.20. The molecule has 1 aromatic carbocycles. The van der Waals surface area contributed by atoms with Crippen molar-refractivity contribution >= 4 is 11.6 Å². The van der Waals surface area contributed by atoms with Crippen molar-refractivity contribution in [1.82, 2.24) is 5.01 Å². The molecule has 1 heterocycles. The minimum absolute atomic E-state index is 0.0535. The average molecular weight is 249 g/mol. The summed E-state index contributed by atoms with van der Waals surface area (Å²) < 4.78 is 13.1. The number of hydrogen-bond donors (Lipinski definition) is 1. The Morgan fingerprint density at radius 2 is 2.28 bits per heavy atom. The molecule has 0 spiro atoms. The topological polar surface area (TPSA) is 58.7 Å². The molecular weight excluding hydrogens is 233 g/mol. The number of hydrogen-bond acceptors (Lipinski definition) is 3. The Morgan fingerprint density at radius 1 is 1.50 bits per heavy atom. The smallest absolute Gasteiger partial charge is 0.251 e. The summed E-state index contributed by atoms with van der Waals surface area (Å²) in [6, 6.07) is 6.19. The summed E-state index contributed by atoms with van der Waals surface area (Å²) in [6.45, 7) is 2.58. The minimum atomic E-state index is -0.307. The predicted octanol–water partition coefficient (Wildman–Crippen LogP) is 1.51. The van der Waals surface area contributed by atoms with Crippen LogP contribution in [0, 0.1) is 11.7 Å². The van der Waals surface area contributed by atoms with Gasteiger partial charge in [0.05, 0.1) is 12.5 Å². The van der Waals surface area contributed by atoms with E-state index in [0.717, 1.165) is 11.3 Å². The van der Waals surface area contributed by atoms with Gasteiger partial charge in [-0.1, -0.05) is 12.1 Å². The summed E-state index contributed by atoms with van der Waals surface area (Å²) in [6.07, 6.45) is 0.605. The molecule has 1 aliphatic rings. The number of nitrogens with zero attached hydrogens (tertiary/aromatic N) is 2. The molecule has 1 amide bonds. The average Bonchev–Trinajstić information content (AvgIpc) is 2.57. The van der Waals surface area contributed by atoms with Gasteiger partial charge in [0.25, 0.3) is 5.91 Å². The van der Waals surface area contributed by atoms with Crippen LogP contribution in [-0.4, -0.2) is 23.2 Å². The number of amides is 1. The van der Waals surface area contributed by atoms with Gasteiger partial charge in [-0.3, -0.25) is 4.79 Å². The first-order valence-corrected chi connectivity index (χ1v) is 5.93. The summed E-state index contributed by atoms with van der Waals surface area (Å²) in [5.74, 6) is -0.580. The SMILES string of the molecule is CC1=NN(Cc2cccc(F)c2)C(=O)C1CCN. The lowest BCUT2D eigenvalue weighted by molar-refractivity contribution is -0.132. The Labute approximate surface area is 105 Å². The summed E-state index contributed by atoms with van der Waals surface area (Å²) in [5.41, 5.74) is 6.98. The zero-order chi connectivity index (χ0) is 13.1. The van der Waals surface area contributed by atoms with Crippen LogP contribution in [0.25, 0.3) is 0 Å². The summed E-state index contributed by atoms with van der Waals surface area (Å²) in [4.78, 5) is 12.1. The van der Waals surface area contributed by atoms with Crippen LogP contribution in [0.3, 0.4) is 0 Å². The third kappa shape index (κ3) is 2.56. The van der Waals surface area contributed by atoms with Crippen molar-refractivity contribution in [3.05, 3.63) is 35.6 Å². The second kappa shape index (κ2) is 5.27. The molecular formula is C13H16FN3O. The molecule has 0 aromatic heterocycles. The van der Waals surface area contributed by atoms with Gasteiger partial charge in [-0.15, -0.1) is 0 Å². The maximum Gasteiger partial charge on any atom is 0.251 e. The van der Waals surface area contributed by atoms with E-state index in [9.17, 15) is 9.18 Å². The molecule has 1 aromatic rings. The molecule has 1 unspecified atom stereocenters. The van der Waals surface area contributed by atoms with Gasteiger partial charge in [0.15, 0.2) is 0 Å². The van der Waals surface area contributed by atoms with Crippen LogP contribution in [0.1, 0.15) is 18.9 Å². The van der Waals surface area contributed by atoms with Gasteiger partial charge in [0.2, 0.25) is 0 Å². The van der Waals surface area contributed by atoms with E-state index in [1.165, 1.54) is 17.1 Å². The van der Waals surface area contributed by atoms with Gasteiger partial charge in [-0.2, -0.15) is 5.10 Å². The number of hydrazone groups is 1. The van der Waals surface area contributed by atoms with E-state index in [1.807, 2.05) is 6.92 Å². The van der Waals surface area contributed by atoms with E-state index < -0.39 is 0 Å². The maximum atomic E-state index is 13.1. The number of carbonyl (C=O) groups excluding carboxylic acids is 1. The molecule has 4 nitrogen and oxygen atoms in total. The summed E-state index contributed by atoms with van der Waals surface area (Å²) in [7, 11) is 0. The van der Waals surface area contributed by atoms with Crippen LogP contribution in [-0.2, 0) is 11.3 Å².